The normalized spacial score (nSPS) is 10.6. The summed E-state index contributed by atoms with van der Waals surface area (Å²) in [6.45, 7) is 0. The highest BCUT2D eigenvalue weighted by Gasteiger charge is 2.17. The van der Waals surface area contributed by atoms with E-state index in [1.807, 2.05) is 0 Å². The summed E-state index contributed by atoms with van der Waals surface area (Å²) in [4.78, 5) is 22.9. The molecule has 0 saturated heterocycles. The molecule has 110 valence electrons. The quantitative estimate of drug-likeness (QED) is 0.766. The Morgan fingerprint density at radius 3 is 2.41 bits per heavy atom. The van der Waals surface area contributed by atoms with Gasteiger partial charge in [0.1, 0.15) is 5.82 Å². The van der Waals surface area contributed by atoms with Crippen LogP contribution in [0.3, 0.4) is 0 Å². The van der Waals surface area contributed by atoms with E-state index >= 15 is 0 Å². The Kier molecular flexibility index (Phi) is 3.68. The number of rotatable bonds is 3. The minimum absolute atomic E-state index is 0.0258. The van der Waals surface area contributed by atoms with Gasteiger partial charge in [0.15, 0.2) is 11.5 Å². The first-order chi connectivity index (χ1) is 10.5. The predicted molar refractivity (Wildman–Crippen MR) is 77.6 cm³/mol. The summed E-state index contributed by atoms with van der Waals surface area (Å²) in [5, 5.41) is 8.82. The molecule has 22 heavy (non-hydrogen) atoms. The first-order valence-electron chi connectivity index (χ1n) is 6.02. The molecule has 2 heterocycles. The summed E-state index contributed by atoms with van der Waals surface area (Å²) in [6.07, 6.45) is 2.37. The minimum atomic E-state index is -1.11. The molecule has 3 rings (SSSR count). The molecular formula is C14H7BrFN3O3. The lowest BCUT2D eigenvalue weighted by molar-refractivity contribution is 0.0696. The van der Waals surface area contributed by atoms with Gasteiger partial charge in [-0.2, -0.15) is 0 Å². The van der Waals surface area contributed by atoms with Crippen molar-refractivity contribution in [3.63, 3.8) is 0 Å². The lowest BCUT2D eigenvalue weighted by Crippen LogP contribution is -1.99. The number of oxazole rings is 1. The highest BCUT2D eigenvalue weighted by molar-refractivity contribution is 9.10. The van der Waals surface area contributed by atoms with Crippen LogP contribution in [0.2, 0.25) is 0 Å². The van der Waals surface area contributed by atoms with Gasteiger partial charge in [-0.3, -0.25) is 0 Å². The number of aromatic carboxylic acids is 1. The maximum absolute atomic E-state index is 12.9. The molecule has 0 saturated carbocycles. The van der Waals surface area contributed by atoms with Crippen LogP contribution < -0.4 is 0 Å². The molecule has 8 heteroatoms. The van der Waals surface area contributed by atoms with E-state index in [2.05, 4.69) is 30.9 Å². The standard InChI is InChI=1S/C14H7BrFN3O3/c15-11-10(12-17-5-8(6-18-12)14(20)21)19-13(22-11)7-1-3-9(16)4-2-7/h1-6H,(H,20,21). The van der Waals surface area contributed by atoms with E-state index in [1.54, 1.807) is 0 Å². The highest BCUT2D eigenvalue weighted by Crippen LogP contribution is 2.30. The van der Waals surface area contributed by atoms with E-state index in [0.29, 0.717) is 15.9 Å². The fourth-order valence-electron chi connectivity index (χ4n) is 1.72. The molecular weight excluding hydrogens is 357 g/mol. The summed E-state index contributed by atoms with van der Waals surface area (Å²) in [5.41, 5.74) is 0.897. The van der Waals surface area contributed by atoms with Crippen molar-refractivity contribution >= 4 is 21.9 Å². The van der Waals surface area contributed by atoms with E-state index in [4.69, 9.17) is 9.52 Å². The SMILES string of the molecule is O=C(O)c1cnc(-c2nc(-c3ccc(F)cc3)oc2Br)nc1. The van der Waals surface area contributed by atoms with Crippen LogP contribution in [0.15, 0.2) is 45.7 Å². The average molecular weight is 364 g/mol. The maximum atomic E-state index is 12.9. The fraction of sp³-hybridized carbons (Fsp3) is 0. The Labute approximate surface area is 131 Å². The Morgan fingerprint density at radius 1 is 1.18 bits per heavy atom. The van der Waals surface area contributed by atoms with Crippen LogP contribution in [0.25, 0.3) is 23.0 Å². The Morgan fingerprint density at radius 2 is 1.82 bits per heavy atom. The zero-order valence-corrected chi connectivity index (χ0v) is 12.4. The van der Waals surface area contributed by atoms with Gasteiger partial charge in [-0.05, 0) is 40.2 Å². The number of carboxylic acids is 1. The number of hydrogen-bond acceptors (Lipinski definition) is 5. The number of nitrogens with zero attached hydrogens (tertiary/aromatic N) is 3. The fourth-order valence-corrected chi connectivity index (χ4v) is 2.14. The maximum Gasteiger partial charge on any atom is 0.338 e. The molecule has 6 nitrogen and oxygen atoms in total. The van der Waals surface area contributed by atoms with Crippen LogP contribution in [-0.2, 0) is 0 Å². The number of carbonyl (C=O) groups is 1. The van der Waals surface area contributed by atoms with Gasteiger partial charge in [0.2, 0.25) is 10.6 Å². The molecule has 0 fully saturated rings. The summed E-state index contributed by atoms with van der Waals surface area (Å²) in [6, 6.07) is 5.66. The summed E-state index contributed by atoms with van der Waals surface area (Å²) in [5.74, 6) is -0.985. The lowest BCUT2D eigenvalue weighted by Gasteiger charge is -1.96. The van der Waals surface area contributed by atoms with Crippen LogP contribution in [0.4, 0.5) is 4.39 Å². The molecule has 0 unspecified atom stereocenters. The molecule has 0 aliphatic carbocycles. The smallest absolute Gasteiger partial charge is 0.338 e. The number of carboxylic acid groups (broad SMARTS) is 1. The number of hydrogen-bond donors (Lipinski definition) is 1. The first kappa shape index (κ1) is 14.3. The second kappa shape index (κ2) is 5.64. The van der Waals surface area contributed by atoms with Crippen molar-refractivity contribution in [3.05, 3.63) is 52.7 Å². The largest absolute Gasteiger partial charge is 0.478 e. The van der Waals surface area contributed by atoms with Gasteiger partial charge in [0.25, 0.3) is 0 Å². The van der Waals surface area contributed by atoms with Crippen molar-refractivity contribution in [2.45, 2.75) is 0 Å². The molecule has 0 spiro atoms. The van der Waals surface area contributed by atoms with Gasteiger partial charge < -0.3 is 9.52 Å². The summed E-state index contributed by atoms with van der Waals surface area (Å²) >= 11 is 3.21. The lowest BCUT2D eigenvalue weighted by atomic mass is 10.2. The van der Waals surface area contributed by atoms with Crippen molar-refractivity contribution in [2.75, 3.05) is 0 Å². The van der Waals surface area contributed by atoms with E-state index in [0.717, 1.165) is 0 Å². The van der Waals surface area contributed by atoms with E-state index < -0.39 is 5.97 Å². The van der Waals surface area contributed by atoms with Crippen LogP contribution in [-0.4, -0.2) is 26.0 Å². The monoisotopic (exact) mass is 363 g/mol. The molecule has 0 bridgehead atoms. The molecule has 1 N–H and O–H groups in total. The molecule has 0 atom stereocenters. The zero-order chi connectivity index (χ0) is 15.7. The molecule has 0 aliphatic heterocycles. The Hall–Kier alpha value is -2.61. The second-order valence-electron chi connectivity index (χ2n) is 4.25. The van der Waals surface area contributed by atoms with Crippen molar-refractivity contribution in [1.29, 1.82) is 0 Å². The average Bonchev–Trinajstić information content (AvgIpc) is 2.90. The second-order valence-corrected chi connectivity index (χ2v) is 4.97. The van der Waals surface area contributed by atoms with Crippen LogP contribution in [0, 0.1) is 5.82 Å². The molecule has 0 aliphatic rings. The minimum Gasteiger partial charge on any atom is -0.478 e. The van der Waals surface area contributed by atoms with Gasteiger partial charge in [-0.25, -0.2) is 24.1 Å². The van der Waals surface area contributed by atoms with Crippen molar-refractivity contribution in [2.24, 2.45) is 0 Å². The number of benzene rings is 1. The van der Waals surface area contributed by atoms with Crippen LogP contribution in [0.1, 0.15) is 10.4 Å². The molecule has 0 amide bonds. The van der Waals surface area contributed by atoms with Crippen molar-refractivity contribution in [1.82, 2.24) is 15.0 Å². The van der Waals surface area contributed by atoms with E-state index in [1.165, 1.54) is 36.7 Å². The van der Waals surface area contributed by atoms with E-state index in [9.17, 15) is 9.18 Å². The summed E-state index contributed by atoms with van der Waals surface area (Å²) in [7, 11) is 0. The molecule has 2 aromatic heterocycles. The number of aromatic nitrogens is 3. The predicted octanol–water partition coefficient (Wildman–Crippen LogP) is 3.40. The van der Waals surface area contributed by atoms with Crippen molar-refractivity contribution in [3.8, 4) is 23.0 Å². The Bertz CT molecular complexity index is 832. The highest BCUT2D eigenvalue weighted by atomic mass is 79.9. The van der Waals surface area contributed by atoms with Gasteiger partial charge in [-0.15, -0.1) is 0 Å². The topological polar surface area (TPSA) is 89.1 Å². The Balaban J connectivity index is 1.98. The van der Waals surface area contributed by atoms with Gasteiger partial charge in [0.05, 0.1) is 5.56 Å². The number of halogens is 2. The first-order valence-corrected chi connectivity index (χ1v) is 6.82. The van der Waals surface area contributed by atoms with Crippen LogP contribution >= 0.6 is 15.9 Å². The zero-order valence-electron chi connectivity index (χ0n) is 10.8. The van der Waals surface area contributed by atoms with Crippen molar-refractivity contribution < 1.29 is 18.7 Å². The van der Waals surface area contributed by atoms with Gasteiger partial charge >= 0.3 is 5.97 Å². The van der Waals surface area contributed by atoms with Crippen LogP contribution in [0.5, 0.6) is 0 Å². The molecule has 0 radical (unpaired) electrons. The van der Waals surface area contributed by atoms with E-state index in [-0.39, 0.29) is 23.1 Å². The third-order valence-electron chi connectivity index (χ3n) is 2.79. The third-order valence-corrected chi connectivity index (χ3v) is 3.33. The third kappa shape index (κ3) is 2.73. The molecule has 3 aromatic rings. The molecule has 1 aromatic carbocycles. The van der Waals surface area contributed by atoms with Gasteiger partial charge in [0, 0.05) is 18.0 Å². The summed E-state index contributed by atoms with van der Waals surface area (Å²) < 4.78 is 18.7. The van der Waals surface area contributed by atoms with Gasteiger partial charge in [-0.1, -0.05) is 0 Å².